The molecule has 0 fully saturated rings. The van der Waals surface area contributed by atoms with Crippen LogP contribution in [-0.4, -0.2) is 38.7 Å². The number of rotatable bonds is 8. The van der Waals surface area contributed by atoms with Gasteiger partial charge in [0.15, 0.2) is 0 Å². The molecule has 1 aromatic carbocycles. The summed E-state index contributed by atoms with van der Waals surface area (Å²) in [5, 5.41) is 0. The third kappa shape index (κ3) is 4.13. The molecule has 0 saturated heterocycles. The number of benzene rings is 1. The number of nitrogens with zero attached hydrogens (tertiary/aromatic N) is 3. The van der Waals surface area contributed by atoms with E-state index in [0.29, 0.717) is 6.42 Å². The van der Waals surface area contributed by atoms with Gasteiger partial charge in [-0.05, 0) is 62.4 Å². The smallest absolute Gasteiger partial charge is 0.136 e. The first-order chi connectivity index (χ1) is 13.7. The van der Waals surface area contributed by atoms with Crippen molar-refractivity contribution in [2.75, 3.05) is 6.54 Å². The minimum absolute atomic E-state index is 0.269. The highest BCUT2D eigenvalue weighted by Crippen LogP contribution is 2.33. The van der Waals surface area contributed by atoms with Crippen LogP contribution in [0.2, 0.25) is 0 Å². The summed E-state index contributed by atoms with van der Waals surface area (Å²) < 4.78 is 0. The Balaban J connectivity index is 1.57. The van der Waals surface area contributed by atoms with Gasteiger partial charge in [-0.25, -0.2) is 4.98 Å². The summed E-state index contributed by atoms with van der Waals surface area (Å²) in [6.07, 6.45) is 7.63. The van der Waals surface area contributed by atoms with E-state index >= 15 is 0 Å². The average Bonchev–Trinajstić information content (AvgIpc) is 3.15. The van der Waals surface area contributed by atoms with Crippen LogP contribution < -0.4 is 5.73 Å². The Hall–Kier alpha value is -2.57. The van der Waals surface area contributed by atoms with Gasteiger partial charge in [0.25, 0.3) is 0 Å². The lowest BCUT2D eigenvalue weighted by molar-refractivity contribution is -0.109. The van der Waals surface area contributed by atoms with E-state index in [1.54, 1.807) is 0 Å². The lowest BCUT2D eigenvalue weighted by atomic mass is 9.90. The van der Waals surface area contributed by atoms with E-state index in [4.69, 9.17) is 15.7 Å². The van der Waals surface area contributed by atoms with Crippen molar-refractivity contribution in [3.8, 4) is 0 Å². The van der Waals surface area contributed by atoms with Gasteiger partial charge < -0.3 is 15.5 Å². The molecule has 6 nitrogen and oxygen atoms in total. The first-order valence-electron chi connectivity index (χ1n) is 10.1. The first kappa shape index (κ1) is 18.8. The monoisotopic (exact) mass is 377 g/mol. The zero-order valence-electron chi connectivity index (χ0n) is 16.1. The van der Waals surface area contributed by atoms with E-state index in [2.05, 4.69) is 22.0 Å². The maximum absolute atomic E-state index is 10.9. The van der Waals surface area contributed by atoms with E-state index in [9.17, 15) is 4.79 Å². The lowest BCUT2D eigenvalue weighted by Gasteiger charge is -2.34. The van der Waals surface area contributed by atoms with Gasteiger partial charge in [-0.2, -0.15) is 0 Å². The van der Waals surface area contributed by atoms with Crippen LogP contribution in [0.5, 0.6) is 0 Å². The number of pyridine rings is 1. The Bertz CT molecular complexity index is 904. The average molecular weight is 377 g/mol. The van der Waals surface area contributed by atoms with Gasteiger partial charge in [-0.3, -0.25) is 9.88 Å². The number of nitrogens with two attached hydrogens (primary N) is 1. The van der Waals surface area contributed by atoms with Crippen molar-refractivity contribution >= 4 is 17.3 Å². The summed E-state index contributed by atoms with van der Waals surface area (Å²) in [7, 11) is 0. The molecule has 3 aromatic rings. The molecule has 0 bridgehead atoms. The second-order valence-electron chi connectivity index (χ2n) is 7.57. The van der Waals surface area contributed by atoms with Gasteiger partial charge >= 0.3 is 0 Å². The fraction of sp³-hybridized carbons (Fsp3) is 0.409. The third-order valence-electron chi connectivity index (χ3n) is 5.56. The van der Waals surface area contributed by atoms with E-state index in [0.717, 1.165) is 61.9 Å². The number of fused-ring (bicyclic) bond motifs is 2. The van der Waals surface area contributed by atoms with E-state index < -0.39 is 0 Å². The van der Waals surface area contributed by atoms with Crippen LogP contribution in [0.4, 0.5) is 0 Å². The van der Waals surface area contributed by atoms with Gasteiger partial charge in [0.1, 0.15) is 12.1 Å². The second-order valence-corrected chi connectivity index (χ2v) is 7.57. The fourth-order valence-corrected chi connectivity index (χ4v) is 4.16. The van der Waals surface area contributed by atoms with Gasteiger partial charge in [0.05, 0.1) is 35.4 Å². The van der Waals surface area contributed by atoms with Crippen LogP contribution in [-0.2, 0) is 17.8 Å². The molecule has 0 aliphatic heterocycles. The number of carbonyl (C=O) groups excluding carboxylic acids is 1. The normalized spacial score (nSPS) is 17.6. The number of nitrogens with one attached hydrogen (secondary N) is 1. The number of aryl methyl sites for hydroxylation is 1. The lowest BCUT2D eigenvalue weighted by Crippen LogP contribution is -2.34. The highest BCUT2D eigenvalue weighted by atomic mass is 16.1. The molecule has 2 heterocycles. The number of aromatic nitrogens is 3. The van der Waals surface area contributed by atoms with Crippen molar-refractivity contribution in [3.63, 3.8) is 0 Å². The molecule has 0 amide bonds. The van der Waals surface area contributed by atoms with Gasteiger partial charge in [-0.15, -0.1) is 0 Å². The van der Waals surface area contributed by atoms with Gasteiger partial charge in [0.2, 0.25) is 0 Å². The number of imidazole rings is 1. The molecule has 146 valence electrons. The minimum atomic E-state index is -0.384. The topological polar surface area (TPSA) is 87.9 Å². The molecule has 0 spiro atoms. The predicted octanol–water partition coefficient (Wildman–Crippen LogP) is 3.14. The van der Waals surface area contributed by atoms with Crippen LogP contribution in [0.15, 0.2) is 42.6 Å². The second kappa shape index (κ2) is 8.63. The van der Waals surface area contributed by atoms with Crippen LogP contribution in [0.1, 0.15) is 48.8 Å². The van der Waals surface area contributed by atoms with Crippen molar-refractivity contribution in [3.05, 3.63) is 59.7 Å². The van der Waals surface area contributed by atoms with Crippen molar-refractivity contribution in [2.45, 2.75) is 50.7 Å². The zero-order valence-corrected chi connectivity index (χ0v) is 16.1. The summed E-state index contributed by atoms with van der Waals surface area (Å²) in [6, 6.07) is 12.2. The summed E-state index contributed by atoms with van der Waals surface area (Å²) >= 11 is 0. The van der Waals surface area contributed by atoms with Crippen LogP contribution in [0, 0.1) is 0 Å². The number of hydrogen-bond acceptors (Lipinski definition) is 5. The van der Waals surface area contributed by atoms with Crippen LogP contribution in [0.3, 0.4) is 0 Å². The summed E-state index contributed by atoms with van der Waals surface area (Å²) in [5.74, 6) is 0.962. The Labute approximate surface area is 165 Å². The highest BCUT2D eigenvalue weighted by molar-refractivity contribution is 5.74. The zero-order chi connectivity index (χ0) is 19.3. The van der Waals surface area contributed by atoms with Crippen LogP contribution >= 0.6 is 0 Å². The van der Waals surface area contributed by atoms with E-state index in [-0.39, 0.29) is 12.1 Å². The Morgan fingerprint density at radius 2 is 2.18 bits per heavy atom. The molecular formula is C22H27N5O. The Morgan fingerprint density at radius 1 is 1.29 bits per heavy atom. The van der Waals surface area contributed by atoms with Crippen molar-refractivity contribution in [1.82, 2.24) is 19.9 Å². The molecular weight excluding hydrogens is 350 g/mol. The van der Waals surface area contributed by atoms with Crippen molar-refractivity contribution < 1.29 is 4.79 Å². The molecule has 1 unspecified atom stereocenters. The molecule has 28 heavy (non-hydrogen) atoms. The molecule has 0 saturated carbocycles. The number of hydrogen-bond donors (Lipinski definition) is 2. The number of aromatic amines is 1. The minimum Gasteiger partial charge on any atom is -0.341 e. The standard InChI is InChI=1S/C22H27N5O/c23-17(15-28)8-5-13-27(14-21-25-18-9-1-2-10-19(18)26-21)20-11-3-6-16-7-4-12-24-22(16)20/h1-2,4,7,9-10,12,15,17,20H,3,5-6,8,11,13-14,23H2,(H,25,26)/t17-,20?/m0/s1. The number of aldehydes is 1. The number of carbonyl (C=O) groups is 1. The van der Waals surface area contributed by atoms with E-state index in [1.807, 2.05) is 30.5 Å². The SMILES string of the molecule is N[C@H](C=O)CCCN(Cc1nc2ccccc2[nH]1)C1CCCc2cccnc21. The molecule has 2 atom stereocenters. The maximum Gasteiger partial charge on any atom is 0.136 e. The number of para-hydroxylation sites is 2. The molecule has 0 radical (unpaired) electrons. The van der Waals surface area contributed by atoms with Crippen LogP contribution in [0.25, 0.3) is 11.0 Å². The molecule has 1 aliphatic rings. The predicted molar refractivity (Wildman–Crippen MR) is 110 cm³/mol. The molecule has 6 heteroatoms. The van der Waals surface area contributed by atoms with Crippen molar-refractivity contribution in [1.29, 1.82) is 0 Å². The first-order valence-corrected chi connectivity index (χ1v) is 10.1. The van der Waals surface area contributed by atoms with Gasteiger partial charge in [-0.1, -0.05) is 18.2 Å². The summed E-state index contributed by atoms with van der Waals surface area (Å²) in [6.45, 7) is 1.59. The summed E-state index contributed by atoms with van der Waals surface area (Å²) in [4.78, 5) is 26.2. The Morgan fingerprint density at radius 3 is 3.04 bits per heavy atom. The number of H-pyrrole nitrogens is 1. The van der Waals surface area contributed by atoms with Gasteiger partial charge in [0, 0.05) is 6.20 Å². The Kier molecular flexibility index (Phi) is 5.78. The van der Waals surface area contributed by atoms with Crippen molar-refractivity contribution in [2.24, 2.45) is 5.73 Å². The third-order valence-corrected chi connectivity index (χ3v) is 5.56. The fourth-order valence-electron chi connectivity index (χ4n) is 4.16. The molecule has 4 rings (SSSR count). The molecule has 3 N–H and O–H groups in total. The van der Waals surface area contributed by atoms with E-state index in [1.165, 1.54) is 11.3 Å². The quantitative estimate of drug-likeness (QED) is 0.589. The summed E-state index contributed by atoms with van der Waals surface area (Å²) in [5.41, 5.74) is 10.4. The molecule has 1 aliphatic carbocycles. The highest BCUT2D eigenvalue weighted by Gasteiger charge is 2.27. The maximum atomic E-state index is 10.9. The largest absolute Gasteiger partial charge is 0.341 e. The molecule has 2 aromatic heterocycles.